The van der Waals surface area contributed by atoms with Gasteiger partial charge in [-0.1, -0.05) is 77.8 Å². The topological polar surface area (TPSA) is 18.5 Å². The maximum atomic E-state index is 6.48. The molecule has 3 heteroatoms. The van der Waals surface area contributed by atoms with Gasteiger partial charge in [-0.25, -0.2) is 0 Å². The van der Waals surface area contributed by atoms with Crippen LogP contribution in [0.1, 0.15) is 60.3 Å². The average molecular weight is 309 g/mol. The summed E-state index contributed by atoms with van der Waals surface area (Å²) in [6.45, 7) is 12.7. The molecule has 0 saturated carbocycles. The van der Waals surface area contributed by atoms with Crippen molar-refractivity contribution in [1.29, 1.82) is 0 Å². The van der Waals surface area contributed by atoms with Gasteiger partial charge in [-0.15, -0.1) is 0 Å². The molecule has 0 saturated heterocycles. The van der Waals surface area contributed by atoms with Gasteiger partial charge < -0.3 is 8.85 Å². The predicted octanol–water partition coefficient (Wildman–Crippen LogP) is 4.77. The summed E-state index contributed by atoms with van der Waals surface area (Å²) in [5.74, 6) is 0. The Morgan fingerprint density at radius 1 is 0.857 bits per heavy atom. The molecular formula is C18H32O2Si. The Bertz CT molecular complexity index is 374. The van der Waals surface area contributed by atoms with Crippen LogP contribution in [0.15, 0.2) is 30.3 Å². The molecule has 0 atom stereocenters. The predicted molar refractivity (Wildman–Crippen MR) is 93.3 cm³/mol. The third-order valence-corrected chi connectivity index (χ3v) is 8.04. The van der Waals surface area contributed by atoms with E-state index in [0.717, 1.165) is 38.9 Å². The first-order valence-corrected chi connectivity index (χ1v) is 10.1. The summed E-state index contributed by atoms with van der Waals surface area (Å²) in [5, 5.41) is 1.26. The van der Waals surface area contributed by atoms with Crippen molar-refractivity contribution in [2.24, 2.45) is 0 Å². The Balaban J connectivity index is 3.08. The van der Waals surface area contributed by atoms with Gasteiger partial charge in [0.1, 0.15) is 0 Å². The lowest BCUT2D eigenvalue weighted by Gasteiger charge is -2.41. The monoisotopic (exact) mass is 308 g/mol. The van der Waals surface area contributed by atoms with Gasteiger partial charge in [-0.3, -0.25) is 0 Å². The van der Waals surface area contributed by atoms with Crippen molar-refractivity contribution in [1.82, 2.24) is 0 Å². The van der Waals surface area contributed by atoms with Crippen LogP contribution in [0, 0.1) is 0 Å². The molecule has 1 aromatic carbocycles. The molecule has 2 nitrogen and oxygen atoms in total. The van der Waals surface area contributed by atoms with Crippen molar-refractivity contribution in [3.05, 3.63) is 30.3 Å². The standard InChI is InChI=1S/C18H32O2Si/c1-6-8-15-19-21(18(3,4)5,20-16-9-7-2)17-13-11-10-12-14-17/h10-14H,6-9,15-16H2,1-5H3. The molecule has 0 bridgehead atoms. The zero-order chi connectivity index (χ0) is 15.8. The lowest BCUT2D eigenvalue weighted by Crippen LogP contribution is -2.60. The van der Waals surface area contributed by atoms with E-state index in [1.54, 1.807) is 0 Å². The Morgan fingerprint density at radius 3 is 1.71 bits per heavy atom. The van der Waals surface area contributed by atoms with Crippen LogP contribution in [-0.2, 0) is 8.85 Å². The maximum Gasteiger partial charge on any atom is 0.378 e. The van der Waals surface area contributed by atoms with Crippen LogP contribution in [0.5, 0.6) is 0 Å². The van der Waals surface area contributed by atoms with E-state index in [4.69, 9.17) is 8.85 Å². The summed E-state index contributed by atoms with van der Waals surface area (Å²) < 4.78 is 13.0. The second-order valence-electron chi connectivity index (χ2n) is 6.64. The summed E-state index contributed by atoms with van der Waals surface area (Å²) in [4.78, 5) is 0. The Hall–Kier alpha value is -0.643. The molecular weight excluding hydrogens is 276 g/mol. The van der Waals surface area contributed by atoms with Crippen molar-refractivity contribution < 1.29 is 8.85 Å². The summed E-state index contributed by atoms with van der Waals surface area (Å²) in [7, 11) is -2.45. The molecule has 1 rings (SSSR count). The van der Waals surface area contributed by atoms with E-state index >= 15 is 0 Å². The van der Waals surface area contributed by atoms with Gasteiger partial charge in [0.05, 0.1) is 0 Å². The first-order chi connectivity index (χ1) is 9.98. The third kappa shape index (κ3) is 4.94. The van der Waals surface area contributed by atoms with Crippen LogP contribution in [0.2, 0.25) is 5.04 Å². The fourth-order valence-electron chi connectivity index (χ4n) is 2.45. The first kappa shape index (κ1) is 18.4. The van der Waals surface area contributed by atoms with E-state index in [-0.39, 0.29) is 5.04 Å². The van der Waals surface area contributed by atoms with E-state index in [1.165, 1.54) is 5.19 Å². The van der Waals surface area contributed by atoms with E-state index in [1.807, 2.05) is 0 Å². The fourth-order valence-corrected chi connectivity index (χ4v) is 6.10. The van der Waals surface area contributed by atoms with Gasteiger partial charge in [0.25, 0.3) is 0 Å². The lowest BCUT2D eigenvalue weighted by molar-refractivity contribution is 0.156. The van der Waals surface area contributed by atoms with E-state index in [9.17, 15) is 0 Å². The van der Waals surface area contributed by atoms with E-state index < -0.39 is 8.56 Å². The number of benzene rings is 1. The van der Waals surface area contributed by atoms with E-state index in [0.29, 0.717) is 0 Å². The highest BCUT2D eigenvalue weighted by Crippen LogP contribution is 2.37. The van der Waals surface area contributed by atoms with Gasteiger partial charge in [0.15, 0.2) is 0 Å². The molecule has 0 aliphatic carbocycles. The number of hydrogen-bond donors (Lipinski definition) is 0. The third-order valence-electron chi connectivity index (χ3n) is 3.75. The number of hydrogen-bond acceptors (Lipinski definition) is 2. The highest BCUT2D eigenvalue weighted by atomic mass is 28.4. The quantitative estimate of drug-likeness (QED) is 0.483. The van der Waals surface area contributed by atoms with Gasteiger partial charge in [-0.2, -0.15) is 0 Å². The van der Waals surface area contributed by atoms with Gasteiger partial charge in [-0.05, 0) is 18.0 Å². The van der Waals surface area contributed by atoms with Crippen LogP contribution in [0.4, 0.5) is 0 Å². The lowest BCUT2D eigenvalue weighted by atomic mass is 10.2. The Kier molecular flexibility index (Phi) is 7.64. The second-order valence-corrected chi connectivity index (χ2v) is 10.5. The maximum absolute atomic E-state index is 6.48. The molecule has 0 amide bonds. The highest BCUT2D eigenvalue weighted by molar-refractivity contribution is 6.83. The molecule has 0 aliphatic heterocycles. The van der Waals surface area contributed by atoms with Crippen LogP contribution in [0.3, 0.4) is 0 Å². The average Bonchev–Trinajstić information content (AvgIpc) is 2.45. The smallest absolute Gasteiger partial charge is 0.378 e. The van der Waals surface area contributed by atoms with Crippen LogP contribution in [-0.4, -0.2) is 21.8 Å². The normalized spacial score (nSPS) is 12.6. The molecule has 0 radical (unpaired) electrons. The molecule has 0 aromatic heterocycles. The van der Waals surface area contributed by atoms with Crippen LogP contribution < -0.4 is 5.19 Å². The van der Waals surface area contributed by atoms with Crippen molar-refractivity contribution in [3.8, 4) is 0 Å². The van der Waals surface area contributed by atoms with Crippen LogP contribution >= 0.6 is 0 Å². The molecule has 0 unspecified atom stereocenters. The first-order valence-electron chi connectivity index (χ1n) is 8.31. The zero-order valence-electron chi connectivity index (χ0n) is 14.4. The molecule has 1 aromatic rings. The summed E-state index contributed by atoms with van der Waals surface area (Å²) in [5.41, 5.74) is 0. The van der Waals surface area contributed by atoms with Gasteiger partial charge in [0.2, 0.25) is 0 Å². The summed E-state index contributed by atoms with van der Waals surface area (Å²) in [6, 6.07) is 10.6. The van der Waals surface area contributed by atoms with Crippen molar-refractivity contribution in [3.63, 3.8) is 0 Å². The van der Waals surface area contributed by atoms with Crippen LogP contribution in [0.25, 0.3) is 0 Å². The van der Waals surface area contributed by atoms with Crippen molar-refractivity contribution in [2.45, 2.75) is 65.3 Å². The molecule has 120 valence electrons. The number of rotatable bonds is 9. The summed E-state index contributed by atoms with van der Waals surface area (Å²) >= 11 is 0. The van der Waals surface area contributed by atoms with Crippen molar-refractivity contribution in [2.75, 3.05) is 13.2 Å². The molecule has 0 spiro atoms. The Morgan fingerprint density at radius 2 is 1.33 bits per heavy atom. The van der Waals surface area contributed by atoms with Gasteiger partial charge >= 0.3 is 8.56 Å². The SMILES string of the molecule is CCCCO[Si](OCCCC)(c1ccccc1)C(C)(C)C. The minimum absolute atomic E-state index is 0.00976. The highest BCUT2D eigenvalue weighted by Gasteiger charge is 2.51. The largest absolute Gasteiger partial charge is 0.391 e. The van der Waals surface area contributed by atoms with Crippen molar-refractivity contribution >= 4 is 13.7 Å². The summed E-state index contributed by atoms with van der Waals surface area (Å²) in [6.07, 6.45) is 4.49. The number of unbranched alkanes of at least 4 members (excludes halogenated alkanes) is 2. The minimum Gasteiger partial charge on any atom is -0.391 e. The fraction of sp³-hybridized carbons (Fsp3) is 0.667. The molecule has 0 aliphatic rings. The molecule has 0 fully saturated rings. The molecule has 0 heterocycles. The van der Waals surface area contributed by atoms with E-state index in [2.05, 4.69) is 65.0 Å². The molecule has 21 heavy (non-hydrogen) atoms. The minimum atomic E-state index is -2.45. The molecule has 0 N–H and O–H groups in total. The Labute approximate surface area is 132 Å². The zero-order valence-corrected chi connectivity index (χ0v) is 15.4. The van der Waals surface area contributed by atoms with Gasteiger partial charge in [0, 0.05) is 18.3 Å². The second kappa shape index (κ2) is 8.72.